The highest BCUT2D eigenvalue weighted by molar-refractivity contribution is 5.29. The number of hydrogen-bond acceptors (Lipinski definition) is 3. The third-order valence-electron chi connectivity index (χ3n) is 2.85. The highest BCUT2D eigenvalue weighted by Gasteiger charge is 2.09. The van der Waals surface area contributed by atoms with Crippen LogP contribution in [0.25, 0.3) is 0 Å². The topological polar surface area (TPSA) is 47.3 Å². The lowest BCUT2D eigenvalue weighted by atomic mass is 10.00. The summed E-state index contributed by atoms with van der Waals surface area (Å²) in [6, 6.07) is 6.35. The minimum atomic E-state index is -2.41. The number of nitrogens with one attached hydrogen (secondary N) is 1. The molecule has 108 valence electrons. The standard InChI is InChI=1S/C14H22F2N2O/c1-10-5-11(2)7-12(6-10)8-13(18-17)3-4-19-9-14(15)16/h5-7,13-14,18H,3-4,8-9,17H2,1-2H3. The van der Waals surface area contributed by atoms with Gasteiger partial charge in [-0.2, -0.15) is 0 Å². The van der Waals surface area contributed by atoms with Crippen LogP contribution in [0.2, 0.25) is 0 Å². The van der Waals surface area contributed by atoms with E-state index in [4.69, 9.17) is 10.6 Å². The van der Waals surface area contributed by atoms with Crippen LogP contribution in [0.5, 0.6) is 0 Å². The monoisotopic (exact) mass is 272 g/mol. The fraction of sp³-hybridized carbons (Fsp3) is 0.571. The molecule has 5 heteroatoms. The highest BCUT2D eigenvalue weighted by atomic mass is 19.3. The van der Waals surface area contributed by atoms with Crippen LogP contribution >= 0.6 is 0 Å². The lowest BCUT2D eigenvalue weighted by Crippen LogP contribution is -2.37. The van der Waals surface area contributed by atoms with E-state index in [1.807, 2.05) is 13.8 Å². The Morgan fingerprint density at radius 2 is 1.84 bits per heavy atom. The maximum atomic E-state index is 11.9. The minimum absolute atomic E-state index is 0.0267. The third kappa shape index (κ3) is 6.61. The van der Waals surface area contributed by atoms with Crippen LogP contribution < -0.4 is 11.3 Å². The van der Waals surface area contributed by atoms with Gasteiger partial charge < -0.3 is 4.74 Å². The van der Waals surface area contributed by atoms with Crippen molar-refractivity contribution in [2.45, 2.75) is 39.2 Å². The van der Waals surface area contributed by atoms with Crippen molar-refractivity contribution in [3.05, 3.63) is 34.9 Å². The highest BCUT2D eigenvalue weighted by Crippen LogP contribution is 2.12. The van der Waals surface area contributed by atoms with Gasteiger partial charge in [0.2, 0.25) is 0 Å². The van der Waals surface area contributed by atoms with Crippen molar-refractivity contribution in [2.24, 2.45) is 5.84 Å². The van der Waals surface area contributed by atoms with Gasteiger partial charge in [0.05, 0.1) is 0 Å². The molecular formula is C14H22F2N2O. The molecule has 0 saturated carbocycles. The van der Waals surface area contributed by atoms with E-state index in [2.05, 4.69) is 23.6 Å². The van der Waals surface area contributed by atoms with E-state index in [9.17, 15) is 8.78 Å². The predicted octanol–water partition coefficient (Wildman–Crippen LogP) is 2.35. The molecule has 0 aromatic heterocycles. The van der Waals surface area contributed by atoms with E-state index in [0.29, 0.717) is 6.42 Å². The quantitative estimate of drug-likeness (QED) is 0.434. The summed E-state index contributed by atoms with van der Waals surface area (Å²) in [5.74, 6) is 5.49. The molecule has 0 heterocycles. The average Bonchev–Trinajstić information content (AvgIpc) is 2.31. The molecule has 0 fully saturated rings. The van der Waals surface area contributed by atoms with Crippen molar-refractivity contribution in [3.8, 4) is 0 Å². The Morgan fingerprint density at radius 1 is 1.21 bits per heavy atom. The fourth-order valence-corrected chi connectivity index (χ4v) is 2.11. The molecular weight excluding hydrogens is 250 g/mol. The first-order valence-electron chi connectivity index (χ1n) is 6.40. The molecule has 1 atom stereocenters. The number of ether oxygens (including phenoxy) is 1. The Balaban J connectivity index is 2.43. The molecule has 0 saturated heterocycles. The summed E-state index contributed by atoms with van der Waals surface area (Å²) in [5, 5.41) is 0. The molecule has 0 amide bonds. The largest absolute Gasteiger partial charge is 0.375 e. The van der Waals surface area contributed by atoms with Gasteiger partial charge in [-0.1, -0.05) is 29.3 Å². The number of aryl methyl sites for hydroxylation is 2. The molecule has 1 aromatic rings. The number of rotatable bonds is 8. The van der Waals surface area contributed by atoms with Crippen LogP contribution in [0.15, 0.2) is 18.2 Å². The zero-order valence-corrected chi connectivity index (χ0v) is 11.5. The SMILES string of the molecule is Cc1cc(C)cc(CC(CCOCC(F)F)NN)c1. The zero-order chi connectivity index (χ0) is 14.3. The first-order chi connectivity index (χ1) is 9.01. The van der Waals surface area contributed by atoms with Gasteiger partial charge in [-0.15, -0.1) is 0 Å². The molecule has 1 aromatic carbocycles. The van der Waals surface area contributed by atoms with E-state index in [0.717, 1.165) is 6.42 Å². The van der Waals surface area contributed by atoms with E-state index < -0.39 is 13.0 Å². The van der Waals surface area contributed by atoms with Crippen molar-refractivity contribution < 1.29 is 13.5 Å². The smallest absolute Gasteiger partial charge is 0.261 e. The van der Waals surface area contributed by atoms with Gasteiger partial charge >= 0.3 is 0 Å². The van der Waals surface area contributed by atoms with Crippen molar-refractivity contribution >= 4 is 0 Å². The Kier molecular flexibility index (Phi) is 6.91. The number of hydrogen-bond donors (Lipinski definition) is 2. The first kappa shape index (κ1) is 16.0. The maximum absolute atomic E-state index is 11.9. The van der Waals surface area contributed by atoms with Gasteiger partial charge in [0, 0.05) is 12.6 Å². The van der Waals surface area contributed by atoms with E-state index >= 15 is 0 Å². The molecule has 3 nitrogen and oxygen atoms in total. The van der Waals surface area contributed by atoms with Gasteiger partial charge in [-0.3, -0.25) is 11.3 Å². The van der Waals surface area contributed by atoms with Crippen LogP contribution in [0.3, 0.4) is 0 Å². The van der Waals surface area contributed by atoms with Crippen LogP contribution in [0, 0.1) is 13.8 Å². The number of alkyl halides is 2. The number of halogens is 2. The molecule has 19 heavy (non-hydrogen) atoms. The number of nitrogens with two attached hydrogens (primary N) is 1. The second-order valence-electron chi connectivity index (χ2n) is 4.82. The summed E-state index contributed by atoms with van der Waals surface area (Å²) in [6.45, 7) is 3.87. The van der Waals surface area contributed by atoms with Gasteiger partial charge in [0.15, 0.2) is 0 Å². The average molecular weight is 272 g/mol. The second kappa shape index (κ2) is 8.19. The van der Waals surface area contributed by atoms with Crippen molar-refractivity contribution in [2.75, 3.05) is 13.2 Å². The number of hydrazine groups is 1. The number of benzene rings is 1. The van der Waals surface area contributed by atoms with Crippen molar-refractivity contribution in [1.82, 2.24) is 5.43 Å². The maximum Gasteiger partial charge on any atom is 0.261 e. The molecule has 0 aliphatic carbocycles. The second-order valence-corrected chi connectivity index (χ2v) is 4.82. The molecule has 0 aliphatic rings. The summed E-state index contributed by atoms with van der Waals surface area (Å²) >= 11 is 0. The summed E-state index contributed by atoms with van der Waals surface area (Å²) in [7, 11) is 0. The van der Waals surface area contributed by atoms with Gasteiger partial charge in [-0.25, -0.2) is 8.78 Å². The lowest BCUT2D eigenvalue weighted by molar-refractivity contribution is 0.0144. The van der Waals surface area contributed by atoms with Crippen LogP contribution in [0.1, 0.15) is 23.1 Å². The molecule has 0 spiro atoms. The van der Waals surface area contributed by atoms with Crippen LogP contribution in [0.4, 0.5) is 8.78 Å². The lowest BCUT2D eigenvalue weighted by Gasteiger charge is -2.16. The summed E-state index contributed by atoms with van der Waals surface area (Å²) in [6.07, 6.45) is -1.04. The van der Waals surface area contributed by atoms with E-state index in [1.54, 1.807) is 0 Å². The molecule has 0 bridgehead atoms. The molecule has 1 unspecified atom stereocenters. The van der Waals surface area contributed by atoms with Gasteiger partial charge in [0.1, 0.15) is 6.61 Å². The summed E-state index contributed by atoms with van der Waals surface area (Å²) < 4.78 is 28.7. The minimum Gasteiger partial charge on any atom is -0.375 e. The van der Waals surface area contributed by atoms with Crippen LogP contribution in [-0.2, 0) is 11.2 Å². The molecule has 3 N–H and O–H groups in total. The van der Waals surface area contributed by atoms with Crippen molar-refractivity contribution in [3.63, 3.8) is 0 Å². The summed E-state index contributed by atoms with van der Waals surface area (Å²) in [4.78, 5) is 0. The van der Waals surface area contributed by atoms with Crippen molar-refractivity contribution in [1.29, 1.82) is 0 Å². The summed E-state index contributed by atoms with van der Waals surface area (Å²) in [5.41, 5.74) is 6.32. The van der Waals surface area contributed by atoms with Gasteiger partial charge in [-0.05, 0) is 32.3 Å². The van der Waals surface area contributed by atoms with Crippen LogP contribution in [-0.4, -0.2) is 25.7 Å². The molecule has 0 aliphatic heterocycles. The fourth-order valence-electron chi connectivity index (χ4n) is 2.11. The Labute approximate surface area is 113 Å². The predicted molar refractivity (Wildman–Crippen MR) is 72.2 cm³/mol. The first-order valence-corrected chi connectivity index (χ1v) is 6.40. The Hall–Kier alpha value is -1.04. The zero-order valence-electron chi connectivity index (χ0n) is 11.5. The Morgan fingerprint density at radius 3 is 2.37 bits per heavy atom. The molecule has 0 radical (unpaired) electrons. The van der Waals surface area contributed by atoms with E-state index in [-0.39, 0.29) is 12.6 Å². The molecule has 1 rings (SSSR count). The third-order valence-corrected chi connectivity index (χ3v) is 2.85. The van der Waals surface area contributed by atoms with E-state index in [1.165, 1.54) is 16.7 Å². The van der Waals surface area contributed by atoms with Gasteiger partial charge in [0.25, 0.3) is 6.43 Å². The normalized spacial score (nSPS) is 12.9. The Bertz CT molecular complexity index is 365.